The van der Waals surface area contributed by atoms with Crippen LogP contribution in [0.25, 0.3) is 0 Å². The second kappa shape index (κ2) is 7.03. The van der Waals surface area contributed by atoms with Crippen LogP contribution in [0.5, 0.6) is 0 Å². The Morgan fingerprint density at radius 1 is 1.33 bits per heavy atom. The first-order valence-corrected chi connectivity index (χ1v) is 7.67. The van der Waals surface area contributed by atoms with E-state index in [0.29, 0.717) is 39.3 Å². The summed E-state index contributed by atoms with van der Waals surface area (Å²) in [6.07, 6.45) is 0. The molecule has 1 aliphatic rings. The summed E-state index contributed by atoms with van der Waals surface area (Å²) >= 11 is 0. The summed E-state index contributed by atoms with van der Waals surface area (Å²) < 4.78 is 30.5. The van der Waals surface area contributed by atoms with Crippen molar-refractivity contribution < 1.29 is 13.2 Å². The molecule has 1 heterocycles. The van der Waals surface area contributed by atoms with Gasteiger partial charge in [-0.2, -0.15) is 4.31 Å². The summed E-state index contributed by atoms with van der Waals surface area (Å²) in [5.74, 6) is 0.149. The lowest BCUT2D eigenvalue weighted by Gasteiger charge is -2.33. The molecule has 7 nitrogen and oxygen atoms in total. The number of rotatable bonds is 7. The molecule has 0 amide bonds. The molecule has 3 N–H and O–H groups in total. The molecule has 1 fully saturated rings. The molecule has 1 rings (SSSR count). The maximum absolute atomic E-state index is 11.9. The van der Waals surface area contributed by atoms with Crippen molar-refractivity contribution in [1.82, 2.24) is 9.21 Å². The molecule has 0 bridgehead atoms. The molecule has 0 aromatic carbocycles. The van der Waals surface area contributed by atoms with Crippen molar-refractivity contribution in [2.24, 2.45) is 5.73 Å². The Hall–Kier alpha value is -0.700. The van der Waals surface area contributed by atoms with E-state index in [4.69, 9.17) is 15.9 Å². The van der Waals surface area contributed by atoms with Crippen LogP contribution in [-0.4, -0.2) is 75.1 Å². The Morgan fingerprint density at radius 3 is 2.44 bits per heavy atom. The Kier molecular flexibility index (Phi) is 6.00. The fourth-order valence-corrected chi connectivity index (χ4v) is 3.15. The maximum Gasteiger partial charge on any atom is 0.216 e. The molecule has 8 heteroatoms. The Morgan fingerprint density at radius 2 is 1.94 bits per heavy atom. The van der Waals surface area contributed by atoms with Crippen molar-refractivity contribution in [3.8, 4) is 0 Å². The number of hydrogen-bond acceptors (Lipinski definition) is 5. The molecule has 0 radical (unpaired) electrons. The number of piperazine rings is 1. The molecule has 1 aliphatic heterocycles. The van der Waals surface area contributed by atoms with Gasteiger partial charge in [-0.05, 0) is 6.92 Å². The van der Waals surface area contributed by atoms with Crippen molar-refractivity contribution >= 4 is 15.9 Å². The van der Waals surface area contributed by atoms with Gasteiger partial charge in [-0.25, -0.2) is 8.42 Å². The SMILES string of the molecule is CCOCCS(=O)(=O)N1CCN(CC(=N)N)CC1. The van der Waals surface area contributed by atoms with Crippen LogP contribution >= 0.6 is 0 Å². The van der Waals surface area contributed by atoms with Crippen molar-refractivity contribution in [2.45, 2.75) is 6.92 Å². The van der Waals surface area contributed by atoms with E-state index in [1.54, 1.807) is 0 Å². The van der Waals surface area contributed by atoms with Crippen molar-refractivity contribution in [2.75, 3.05) is 51.7 Å². The normalized spacial score (nSPS) is 18.9. The van der Waals surface area contributed by atoms with Gasteiger partial charge in [-0.3, -0.25) is 10.3 Å². The molecule has 106 valence electrons. The van der Waals surface area contributed by atoms with Gasteiger partial charge >= 0.3 is 0 Å². The summed E-state index contributed by atoms with van der Waals surface area (Å²) in [4.78, 5) is 1.98. The Labute approximate surface area is 108 Å². The molecule has 0 aromatic heterocycles. The first kappa shape index (κ1) is 15.4. The first-order chi connectivity index (χ1) is 8.45. The smallest absolute Gasteiger partial charge is 0.216 e. The summed E-state index contributed by atoms with van der Waals surface area (Å²) in [5.41, 5.74) is 5.32. The van der Waals surface area contributed by atoms with E-state index in [-0.39, 0.29) is 18.2 Å². The Balaban J connectivity index is 2.39. The number of amidine groups is 1. The standard InChI is InChI=1S/C10H22N4O3S/c1-2-17-7-8-18(15,16)14-5-3-13(4-6-14)9-10(11)12/h2-9H2,1H3,(H3,11,12). The van der Waals surface area contributed by atoms with Crippen LogP contribution < -0.4 is 5.73 Å². The lowest BCUT2D eigenvalue weighted by molar-refractivity contribution is 0.160. The third-order valence-electron chi connectivity index (χ3n) is 2.81. The molecule has 0 spiro atoms. The van der Waals surface area contributed by atoms with Crippen LogP contribution in [0.3, 0.4) is 0 Å². The highest BCUT2D eigenvalue weighted by Gasteiger charge is 2.26. The zero-order valence-electron chi connectivity index (χ0n) is 10.8. The van der Waals surface area contributed by atoms with Gasteiger partial charge in [0.15, 0.2) is 0 Å². The zero-order valence-corrected chi connectivity index (χ0v) is 11.6. The van der Waals surface area contributed by atoms with Gasteiger partial charge in [0.2, 0.25) is 10.0 Å². The van der Waals surface area contributed by atoms with Gasteiger partial charge in [0.1, 0.15) is 5.84 Å². The maximum atomic E-state index is 11.9. The highest BCUT2D eigenvalue weighted by molar-refractivity contribution is 7.89. The van der Waals surface area contributed by atoms with Crippen LogP contribution in [0, 0.1) is 5.41 Å². The number of sulfonamides is 1. The second-order valence-electron chi connectivity index (χ2n) is 4.21. The van der Waals surface area contributed by atoms with Gasteiger partial charge < -0.3 is 10.5 Å². The first-order valence-electron chi connectivity index (χ1n) is 6.06. The molecule has 18 heavy (non-hydrogen) atoms. The number of nitrogens with two attached hydrogens (primary N) is 1. The minimum absolute atomic E-state index is 0.0353. The van der Waals surface area contributed by atoms with Gasteiger partial charge in [0.05, 0.1) is 18.9 Å². The van der Waals surface area contributed by atoms with E-state index in [1.165, 1.54) is 4.31 Å². The van der Waals surface area contributed by atoms with E-state index in [9.17, 15) is 8.42 Å². The fourth-order valence-electron chi connectivity index (χ4n) is 1.84. The molecular weight excluding hydrogens is 256 g/mol. The van der Waals surface area contributed by atoms with Gasteiger partial charge in [0, 0.05) is 32.8 Å². The van der Waals surface area contributed by atoms with Gasteiger partial charge in [-0.15, -0.1) is 0 Å². The monoisotopic (exact) mass is 278 g/mol. The van der Waals surface area contributed by atoms with Crippen LogP contribution in [0.4, 0.5) is 0 Å². The summed E-state index contributed by atoms with van der Waals surface area (Å²) in [7, 11) is -3.21. The zero-order chi connectivity index (χ0) is 13.6. The number of nitrogens with one attached hydrogen (secondary N) is 1. The number of ether oxygens (including phenoxy) is 1. The van der Waals surface area contributed by atoms with E-state index >= 15 is 0 Å². The van der Waals surface area contributed by atoms with Gasteiger partial charge in [0.25, 0.3) is 0 Å². The van der Waals surface area contributed by atoms with Crippen molar-refractivity contribution in [1.29, 1.82) is 5.41 Å². The minimum Gasteiger partial charge on any atom is -0.387 e. The second-order valence-corrected chi connectivity index (χ2v) is 6.30. The summed E-state index contributed by atoms with van der Waals surface area (Å²) in [6, 6.07) is 0. The fraction of sp³-hybridized carbons (Fsp3) is 0.900. The average molecular weight is 278 g/mol. The number of hydrogen-bond donors (Lipinski definition) is 2. The molecular formula is C10H22N4O3S. The quantitative estimate of drug-likeness (QED) is 0.350. The highest BCUT2D eigenvalue weighted by atomic mass is 32.2. The Bertz CT molecular complexity index is 363. The highest BCUT2D eigenvalue weighted by Crippen LogP contribution is 2.07. The van der Waals surface area contributed by atoms with E-state index in [0.717, 1.165) is 0 Å². The third kappa shape index (κ3) is 4.89. The largest absolute Gasteiger partial charge is 0.387 e. The molecule has 0 aliphatic carbocycles. The lowest BCUT2D eigenvalue weighted by atomic mass is 10.3. The van der Waals surface area contributed by atoms with Crippen molar-refractivity contribution in [3.63, 3.8) is 0 Å². The molecule has 1 saturated heterocycles. The van der Waals surface area contributed by atoms with E-state index < -0.39 is 10.0 Å². The topological polar surface area (TPSA) is 99.7 Å². The van der Waals surface area contributed by atoms with Crippen LogP contribution in [0.15, 0.2) is 0 Å². The van der Waals surface area contributed by atoms with Crippen LogP contribution in [0.1, 0.15) is 6.92 Å². The van der Waals surface area contributed by atoms with Crippen LogP contribution in [0.2, 0.25) is 0 Å². The van der Waals surface area contributed by atoms with Crippen molar-refractivity contribution in [3.05, 3.63) is 0 Å². The molecule has 0 unspecified atom stereocenters. The van der Waals surface area contributed by atoms with Crippen LogP contribution in [-0.2, 0) is 14.8 Å². The molecule has 0 saturated carbocycles. The number of nitrogens with zero attached hydrogens (tertiary/aromatic N) is 2. The van der Waals surface area contributed by atoms with E-state index in [2.05, 4.69) is 0 Å². The predicted molar refractivity (Wildman–Crippen MR) is 70.2 cm³/mol. The van der Waals surface area contributed by atoms with Gasteiger partial charge in [-0.1, -0.05) is 0 Å². The lowest BCUT2D eigenvalue weighted by Crippen LogP contribution is -2.51. The average Bonchev–Trinajstić information content (AvgIpc) is 2.29. The summed E-state index contributed by atoms with van der Waals surface area (Å²) in [5, 5.41) is 7.20. The third-order valence-corrected chi connectivity index (χ3v) is 4.64. The summed E-state index contributed by atoms with van der Waals surface area (Å²) in [6.45, 7) is 5.18. The van der Waals surface area contributed by atoms with E-state index in [1.807, 2.05) is 11.8 Å². The molecule has 0 aromatic rings. The molecule has 0 atom stereocenters. The predicted octanol–water partition coefficient (Wildman–Crippen LogP) is -1.09. The minimum atomic E-state index is -3.21.